The van der Waals surface area contributed by atoms with Gasteiger partial charge < -0.3 is 0 Å². The van der Waals surface area contributed by atoms with Crippen LogP contribution in [0.2, 0.25) is 6.55 Å². The quantitative estimate of drug-likeness (QED) is 0.477. The Labute approximate surface area is 68.9 Å². The van der Waals surface area contributed by atoms with Crippen molar-refractivity contribution in [2.45, 2.75) is 13.5 Å². The number of hydrogen-bond acceptors (Lipinski definition) is 1. The lowest BCUT2D eigenvalue weighted by Crippen LogP contribution is -2.19. The fourth-order valence-corrected chi connectivity index (χ4v) is 2.11. The van der Waals surface area contributed by atoms with Crippen molar-refractivity contribution >= 4 is 25.2 Å². The third-order valence-corrected chi connectivity index (χ3v) is 3.80. The van der Waals surface area contributed by atoms with E-state index >= 15 is 0 Å². The SMILES string of the molecule is Cc1ccc([SiH](C)S)cc1. The highest BCUT2D eigenvalue weighted by atomic mass is 32.3. The molecule has 10 heavy (non-hydrogen) atoms. The number of rotatable bonds is 1. The van der Waals surface area contributed by atoms with Gasteiger partial charge in [-0.2, -0.15) is 0 Å². The molecule has 0 N–H and O–H groups in total. The van der Waals surface area contributed by atoms with Gasteiger partial charge in [-0.05, 0) is 6.92 Å². The molecule has 0 fully saturated rings. The number of aryl methyl sites for hydroxylation is 1. The van der Waals surface area contributed by atoms with Crippen LogP contribution in [-0.2, 0) is 0 Å². The van der Waals surface area contributed by atoms with Crippen LogP contribution in [-0.4, -0.2) is 7.95 Å². The second-order valence-corrected chi connectivity index (χ2v) is 6.93. The van der Waals surface area contributed by atoms with Crippen molar-refractivity contribution in [3.63, 3.8) is 0 Å². The summed E-state index contributed by atoms with van der Waals surface area (Å²) in [7, 11) is -0.855. The van der Waals surface area contributed by atoms with E-state index in [0.717, 1.165) is 0 Å². The van der Waals surface area contributed by atoms with Gasteiger partial charge in [0.1, 0.15) is 7.95 Å². The second-order valence-electron chi connectivity index (χ2n) is 2.59. The topological polar surface area (TPSA) is 0 Å². The van der Waals surface area contributed by atoms with E-state index < -0.39 is 7.95 Å². The zero-order valence-electron chi connectivity index (χ0n) is 6.33. The van der Waals surface area contributed by atoms with E-state index in [1.54, 1.807) is 0 Å². The van der Waals surface area contributed by atoms with Crippen molar-refractivity contribution in [1.82, 2.24) is 0 Å². The van der Waals surface area contributed by atoms with Crippen LogP contribution >= 0.6 is 12.1 Å². The lowest BCUT2D eigenvalue weighted by Gasteiger charge is -2.01. The molecule has 2 heteroatoms. The van der Waals surface area contributed by atoms with E-state index in [2.05, 4.69) is 49.8 Å². The number of thiol groups is 1. The Morgan fingerprint density at radius 2 is 1.70 bits per heavy atom. The van der Waals surface area contributed by atoms with Crippen molar-refractivity contribution in [3.05, 3.63) is 29.8 Å². The van der Waals surface area contributed by atoms with Crippen molar-refractivity contribution in [2.75, 3.05) is 0 Å². The van der Waals surface area contributed by atoms with Crippen LogP contribution in [0.1, 0.15) is 5.56 Å². The Morgan fingerprint density at radius 1 is 1.20 bits per heavy atom. The molecular weight excluding hydrogens is 156 g/mol. The molecule has 0 heterocycles. The highest BCUT2D eigenvalue weighted by molar-refractivity contribution is 8.11. The fourth-order valence-electron chi connectivity index (χ4n) is 0.845. The summed E-state index contributed by atoms with van der Waals surface area (Å²) in [6, 6.07) is 8.66. The summed E-state index contributed by atoms with van der Waals surface area (Å²) in [4.78, 5) is 0. The summed E-state index contributed by atoms with van der Waals surface area (Å²) in [5.74, 6) is 0. The summed E-state index contributed by atoms with van der Waals surface area (Å²) in [6.07, 6.45) is 0. The first-order valence-corrected chi connectivity index (χ1v) is 7.24. The highest BCUT2D eigenvalue weighted by Crippen LogP contribution is 1.96. The van der Waals surface area contributed by atoms with Crippen molar-refractivity contribution in [2.24, 2.45) is 0 Å². The highest BCUT2D eigenvalue weighted by Gasteiger charge is 1.98. The van der Waals surface area contributed by atoms with Gasteiger partial charge in [0.25, 0.3) is 0 Å². The van der Waals surface area contributed by atoms with E-state index in [9.17, 15) is 0 Å². The molecule has 1 aromatic rings. The molecular formula is C8H12SSi. The predicted octanol–water partition coefficient (Wildman–Crippen LogP) is 1.49. The summed E-state index contributed by atoms with van der Waals surface area (Å²) >= 11 is 4.46. The van der Waals surface area contributed by atoms with Crippen molar-refractivity contribution in [1.29, 1.82) is 0 Å². The van der Waals surface area contributed by atoms with E-state index in [-0.39, 0.29) is 0 Å². The Hall–Kier alpha value is -0.213. The molecule has 0 aliphatic carbocycles. The molecule has 0 nitrogen and oxygen atoms in total. The first-order chi connectivity index (χ1) is 4.70. The summed E-state index contributed by atoms with van der Waals surface area (Å²) in [6.45, 7) is 4.32. The van der Waals surface area contributed by atoms with Crippen LogP contribution in [0.3, 0.4) is 0 Å². The van der Waals surface area contributed by atoms with Crippen LogP contribution < -0.4 is 5.19 Å². The summed E-state index contributed by atoms with van der Waals surface area (Å²) in [5, 5.41) is 1.42. The predicted molar refractivity (Wildman–Crippen MR) is 52.8 cm³/mol. The minimum atomic E-state index is -0.855. The van der Waals surface area contributed by atoms with Crippen molar-refractivity contribution < 1.29 is 0 Å². The van der Waals surface area contributed by atoms with Crippen LogP contribution in [0.25, 0.3) is 0 Å². The van der Waals surface area contributed by atoms with E-state index in [4.69, 9.17) is 0 Å². The molecule has 0 bridgehead atoms. The molecule has 1 unspecified atom stereocenters. The minimum absolute atomic E-state index is 0.855. The summed E-state index contributed by atoms with van der Waals surface area (Å²) < 4.78 is 0. The largest absolute Gasteiger partial charge is 0.200 e. The molecule has 0 amide bonds. The smallest absolute Gasteiger partial charge is 0.125 e. The van der Waals surface area contributed by atoms with Gasteiger partial charge in [-0.25, -0.2) is 12.1 Å². The Balaban J connectivity index is 2.89. The Bertz CT molecular complexity index is 203. The molecule has 0 aromatic heterocycles. The standard InChI is InChI=1S/C8H12SSi/c1-7-3-5-8(6-4-7)10(2)9/h3-6,9-10H,1-2H3. The van der Waals surface area contributed by atoms with Gasteiger partial charge in [0, 0.05) is 0 Å². The molecule has 1 rings (SSSR count). The molecule has 0 aliphatic rings. The van der Waals surface area contributed by atoms with E-state index in [1.165, 1.54) is 10.8 Å². The van der Waals surface area contributed by atoms with Crippen LogP contribution in [0.5, 0.6) is 0 Å². The van der Waals surface area contributed by atoms with Crippen LogP contribution in [0.15, 0.2) is 24.3 Å². The second kappa shape index (κ2) is 3.26. The maximum atomic E-state index is 4.46. The molecule has 0 spiro atoms. The maximum Gasteiger partial charge on any atom is 0.125 e. The Kier molecular flexibility index (Phi) is 2.57. The summed E-state index contributed by atoms with van der Waals surface area (Å²) in [5.41, 5.74) is 1.33. The van der Waals surface area contributed by atoms with Gasteiger partial charge in [0.15, 0.2) is 0 Å². The molecule has 0 radical (unpaired) electrons. The number of hydrogen-bond donors (Lipinski definition) is 1. The maximum absolute atomic E-state index is 4.46. The minimum Gasteiger partial charge on any atom is -0.200 e. The zero-order valence-corrected chi connectivity index (χ0v) is 8.38. The first kappa shape index (κ1) is 7.89. The molecule has 54 valence electrons. The monoisotopic (exact) mass is 168 g/mol. The third kappa shape index (κ3) is 1.89. The van der Waals surface area contributed by atoms with Gasteiger partial charge in [-0.15, -0.1) is 0 Å². The Morgan fingerprint density at radius 3 is 2.10 bits per heavy atom. The first-order valence-electron chi connectivity index (χ1n) is 3.45. The van der Waals surface area contributed by atoms with Gasteiger partial charge >= 0.3 is 0 Å². The molecule has 0 aliphatic heterocycles. The van der Waals surface area contributed by atoms with Gasteiger partial charge in [-0.3, -0.25) is 0 Å². The van der Waals surface area contributed by atoms with Crippen molar-refractivity contribution in [3.8, 4) is 0 Å². The normalized spacial score (nSPS) is 13.1. The molecule has 1 aromatic carbocycles. The third-order valence-electron chi connectivity index (χ3n) is 1.56. The van der Waals surface area contributed by atoms with E-state index in [1.807, 2.05) is 0 Å². The molecule has 1 atom stereocenters. The average Bonchev–Trinajstić information content (AvgIpc) is 1.88. The van der Waals surface area contributed by atoms with Crippen LogP contribution in [0, 0.1) is 6.92 Å². The fraction of sp³-hybridized carbons (Fsp3) is 0.250. The van der Waals surface area contributed by atoms with Gasteiger partial charge in [0.2, 0.25) is 0 Å². The average molecular weight is 168 g/mol. The lowest BCUT2D eigenvalue weighted by atomic mass is 10.2. The van der Waals surface area contributed by atoms with Gasteiger partial charge in [0.05, 0.1) is 0 Å². The number of benzene rings is 1. The molecule has 0 saturated heterocycles. The zero-order chi connectivity index (χ0) is 7.56. The van der Waals surface area contributed by atoms with Gasteiger partial charge in [-0.1, -0.05) is 41.6 Å². The lowest BCUT2D eigenvalue weighted by molar-refractivity contribution is 1.49. The van der Waals surface area contributed by atoms with E-state index in [0.29, 0.717) is 0 Å². The van der Waals surface area contributed by atoms with Crippen LogP contribution in [0.4, 0.5) is 0 Å². The molecule has 0 saturated carbocycles.